The van der Waals surface area contributed by atoms with E-state index in [2.05, 4.69) is 15.3 Å². The molecule has 112 valence electrons. The maximum absolute atomic E-state index is 12.9. The van der Waals surface area contributed by atoms with Crippen molar-refractivity contribution in [2.45, 2.75) is 5.16 Å². The number of carbonyl (C=O) groups is 1. The molecule has 1 aromatic heterocycles. The van der Waals surface area contributed by atoms with Crippen molar-refractivity contribution in [2.75, 3.05) is 11.1 Å². The molecule has 0 aliphatic heterocycles. The number of nitrogens with one attached hydrogen (secondary N) is 2. The van der Waals surface area contributed by atoms with Crippen LogP contribution in [0.3, 0.4) is 0 Å². The van der Waals surface area contributed by atoms with E-state index in [0.717, 1.165) is 17.1 Å². The molecule has 4 nitrogen and oxygen atoms in total. The van der Waals surface area contributed by atoms with Crippen molar-refractivity contribution in [1.29, 1.82) is 0 Å². The van der Waals surface area contributed by atoms with Crippen LogP contribution in [0.2, 0.25) is 5.02 Å². The Labute approximate surface area is 135 Å². The van der Waals surface area contributed by atoms with Crippen molar-refractivity contribution in [3.63, 3.8) is 0 Å². The molecule has 0 aliphatic carbocycles. The molecular weight excluding hydrogens is 325 g/mol. The number of anilines is 1. The molecular formula is C15H11ClFN3OS. The van der Waals surface area contributed by atoms with Crippen molar-refractivity contribution in [1.82, 2.24) is 9.97 Å². The van der Waals surface area contributed by atoms with E-state index in [1.54, 1.807) is 0 Å². The van der Waals surface area contributed by atoms with E-state index >= 15 is 0 Å². The second-order valence-electron chi connectivity index (χ2n) is 4.52. The minimum absolute atomic E-state index is 0.169. The van der Waals surface area contributed by atoms with Crippen molar-refractivity contribution < 1.29 is 9.18 Å². The van der Waals surface area contributed by atoms with E-state index in [-0.39, 0.29) is 16.7 Å². The Morgan fingerprint density at radius 2 is 2.14 bits per heavy atom. The first-order valence-electron chi connectivity index (χ1n) is 6.44. The number of fused-ring (bicyclic) bond motifs is 1. The quantitative estimate of drug-likeness (QED) is 0.706. The van der Waals surface area contributed by atoms with Crippen LogP contribution in [0.5, 0.6) is 0 Å². The van der Waals surface area contributed by atoms with Gasteiger partial charge in [-0.15, -0.1) is 0 Å². The fraction of sp³-hybridized carbons (Fsp3) is 0.0667. The summed E-state index contributed by atoms with van der Waals surface area (Å²) in [5.41, 5.74) is 2.16. The van der Waals surface area contributed by atoms with Crippen LogP contribution < -0.4 is 5.32 Å². The molecule has 1 heterocycles. The predicted octanol–water partition coefficient (Wildman–Crippen LogP) is 4.09. The molecule has 3 aromatic rings. The summed E-state index contributed by atoms with van der Waals surface area (Å²) in [5.74, 6) is -0.508. The zero-order valence-electron chi connectivity index (χ0n) is 11.3. The first kappa shape index (κ1) is 14.9. The second kappa shape index (κ2) is 6.37. The molecule has 2 aromatic carbocycles. The molecule has 0 radical (unpaired) electrons. The first-order chi connectivity index (χ1) is 10.6. The third kappa shape index (κ3) is 3.40. The second-order valence-corrected chi connectivity index (χ2v) is 5.89. The standard InChI is InChI=1S/C15H11ClFN3OS/c16-10-7-9(17)5-6-11(10)18-14(21)8-22-15-19-12-3-1-2-4-13(12)20-15/h1-7H,8H2,(H,18,21)(H,19,20). The molecule has 3 rings (SSSR count). The molecule has 22 heavy (non-hydrogen) atoms. The fourth-order valence-electron chi connectivity index (χ4n) is 1.91. The molecule has 0 fully saturated rings. The number of halogens is 2. The van der Waals surface area contributed by atoms with Crippen molar-refractivity contribution in [2.24, 2.45) is 0 Å². The minimum atomic E-state index is -0.445. The van der Waals surface area contributed by atoms with Gasteiger partial charge >= 0.3 is 0 Å². The summed E-state index contributed by atoms with van der Waals surface area (Å²) < 4.78 is 12.9. The molecule has 0 bridgehead atoms. The number of aromatic amines is 1. The van der Waals surface area contributed by atoms with Crippen LogP contribution in [0.15, 0.2) is 47.6 Å². The van der Waals surface area contributed by atoms with E-state index < -0.39 is 5.82 Å². The van der Waals surface area contributed by atoms with Crippen LogP contribution in [0.1, 0.15) is 0 Å². The van der Waals surface area contributed by atoms with Crippen LogP contribution in [0.25, 0.3) is 11.0 Å². The molecule has 0 unspecified atom stereocenters. The Hall–Kier alpha value is -2.05. The SMILES string of the molecule is O=C(CSc1nc2ccccc2[nH]1)Nc1ccc(F)cc1Cl. The van der Waals surface area contributed by atoms with Gasteiger partial charge in [-0.05, 0) is 30.3 Å². The highest BCUT2D eigenvalue weighted by Crippen LogP contribution is 2.23. The molecule has 0 atom stereocenters. The molecule has 7 heteroatoms. The van der Waals surface area contributed by atoms with Gasteiger partial charge in [0.2, 0.25) is 5.91 Å². The minimum Gasteiger partial charge on any atom is -0.333 e. The Kier molecular flexibility index (Phi) is 4.31. The van der Waals surface area contributed by atoms with E-state index in [0.29, 0.717) is 10.8 Å². The van der Waals surface area contributed by atoms with Gasteiger partial charge in [0.15, 0.2) is 5.16 Å². The molecule has 0 spiro atoms. The lowest BCUT2D eigenvalue weighted by molar-refractivity contribution is -0.113. The lowest BCUT2D eigenvalue weighted by Gasteiger charge is -2.06. The number of hydrogen-bond acceptors (Lipinski definition) is 3. The molecule has 2 N–H and O–H groups in total. The molecule has 0 saturated heterocycles. The Morgan fingerprint density at radius 3 is 2.91 bits per heavy atom. The number of benzene rings is 2. The molecule has 0 saturated carbocycles. The van der Waals surface area contributed by atoms with E-state index in [1.807, 2.05) is 24.3 Å². The number of imidazole rings is 1. The van der Waals surface area contributed by atoms with Crippen molar-refractivity contribution in [3.8, 4) is 0 Å². The topological polar surface area (TPSA) is 57.8 Å². The molecule has 0 aliphatic rings. The van der Waals surface area contributed by atoms with Gasteiger partial charge in [-0.25, -0.2) is 9.37 Å². The summed E-state index contributed by atoms with van der Waals surface area (Å²) in [6.45, 7) is 0. The van der Waals surface area contributed by atoms with Crippen LogP contribution in [-0.2, 0) is 4.79 Å². The molecule has 1 amide bonds. The predicted molar refractivity (Wildman–Crippen MR) is 86.9 cm³/mol. The summed E-state index contributed by atoms with van der Waals surface area (Å²) in [4.78, 5) is 19.4. The Bertz CT molecular complexity index is 804. The third-order valence-electron chi connectivity index (χ3n) is 2.91. The number of hydrogen-bond donors (Lipinski definition) is 2. The lowest BCUT2D eigenvalue weighted by Crippen LogP contribution is -2.14. The average molecular weight is 336 g/mol. The first-order valence-corrected chi connectivity index (χ1v) is 7.80. The van der Waals surface area contributed by atoms with Gasteiger partial charge in [-0.2, -0.15) is 0 Å². The smallest absolute Gasteiger partial charge is 0.234 e. The summed E-state index contributed by atoms with van der Waals surface area (Å²) in [5, 5.41) is 3.48. The third-order valence-corrected chi connectivity index (χ3v) is 4.10. The number of para-hydroxylation sites is 2. The number of thioether (sulfide) groups is 1. The van der Waals surface area contributed by atoms with Gasteiger partial charge in [0.1, 0.15) is 5.82 Å². The van der Waals surface area contributed by atoms with Crippen LogP contribution in [-0.4, -0.2) is 21.6 Å². The number of nitrogens with zero attached hydrogens (tertiary/aromatic N) is 1. The van der Waals surface area contributed by atoms with E-state index in [1.165, 1.54) is 23.9 Å². The Balaban J connectivity index is 1.62. The van der Waals surface area contributed by atoms with E-state index in [9.17, 15) is 9.18 Å². The average Bonchev–Trinajstić information content (AvgIpc) is 2.91. The number of aromatic nitrogens is 2. The monoisotopic (exact) mass is 335 g/mol. The maximum atomic E-state index is 12.9. The fourth-order valence-corrected chi connectivity index (χ4v) is 2.81. The highest BCUT2D eigenvalue weighted by atomic mass is 35.5. The summed E-state index contributed by atoms with van der Waals surface area (Å²) in [6.07, 6.45) is 0. The lowest BCUT2D eigenvalue weighted by atomic mass is 10.3. The van der Waals surface area contributed by atoms with Gasteiger partial charge in [0.25, 0.3) is 0 Å². The zero-order valence-corrected chi connectivity index (χ0v) is 12.8. The zero-order chi connectivity index (χ0) is 15.5. The highest BCUT2D eigenvalue weighted by Gasteiger charge is 2.09. The largest absolute Gasteiger partial charge is 0.333 e. The maximum Gasteiger partial charge on any atom is 0.234 e. The van der Waals surface area contributed by atoms with Gasteiger partial charge in [-0.3, -0.25) is 4.79 Å². The van der Waals surface area contributed by atoms with Crippen LogP contribution >= 0.6 is 23.4 Å². The van der Waals surface area contributed by atoms with Gasteiger partial charge in [0, 0.05) is 0 Å². The summed E-state index contributed by atoms with van der Waals surface area (Å²) in [7, 11) is 0. The summed E-state index contributed by atoms with van der Waals surface area (Å²) in [6, 6.07) is 11.5. The number of rotatable bonds is 4. The number of carbonyl (C=O) groups excluding carboxylic acids is 1. The van der Waals surface area contributed by atoms with Crippen LogP contribution in [0, 0.1) is 5.82 Å². The number of amides is 1. The van der Waals surface area contributed by atoms with Crippen molar-refractivity contribution in [3.05, 3.63) is 53.3 Å². The van der Waals surface area contributed by atoms with Gasteiger partial charge < -0.3 is 10.3 Å². The van der Waals surface area contributed by atoms with Crippen molar-refractivity contribution >= 4 is 46.0 Å². The van der Waals surface area contributed by atoms with Crippen LogP contribution in [0.4, 0.5) is 10.1 Å². The highest BCUT2D eigenvalue weighted by molar-refractivity contribution is 7.99. The van der Waals surface area contributed by atoms with E-state index in [4.69, 9.17) is 11.6 Å². The number of H-pyrrole nitrogens is 1. The van der Waals surface area contributed by atoms with Gasteiger partial charge in [0.05, 0.1) is 27.5 Å². The normalized spacial score (nSPS) is 10.8. The van der Waals surface area contributed by atoms with Gasteiger partial charge in [-0.1, -0.05) is 35.5 Å². The Morgan fingerprint density at radius 1 is 1.32 bits per heavy atom. The summed E-state index contributed by atoms with van der Waals surface area (Å²) >= 11 is 7.15.